The predicted octanol–water partition coefficient (Wildman–Crippen LogP) is 2.48. The summed E-state index contributed by atoms with van der Waals surface area (Å²) in [6.45, 7) is 4.03. The molecule has 0 aromatic heterocycles. The number of likely N-dealkylation sites (tertiary alicyclic amines) is 1. The minimum atomic E-state index is -0.637. The first kappa shape index (κ1) is 15.8. The van der Waals surface area contributed by atoms with Gasteiger partial charge in [-0.3, -0.25) is 4.79 Å². The highest BCUT2D eigenvalue weighted by Crippen LogP contribution is 2.21. The van der Waals surface area contributed by atoms with E-state index in [2.05, 4.69) is 41.0 Å². The van der Waals surface area contributed by atoms with Gasteiger partial charge < -0.3 is 14.9 Å². The maximum Gasteiger partial charge on any atom is 0.306 e. The molecule has 0 saturated carbocycles. The molecule has 1 aromatic rings. The van der Waals surface area contributed by atoms with E-state index in [0.717, 1.165) is 32.4 Å². The number of carboxylic acids is 1. The number of rotatable bonds is 5. The molecule has 1 saturated heterocycles. The summed E-state index contributed by atoms with van der Waals surface area (Å²) in [5.74, 6) is -0.783. The number of anilines is 1. The lowest BCUT2D eigenvalue weighted by Crippen LogP contribution is -2.42. The van der Waals surface area contributed by atoms with E-state index in [0.29, 0.717) is 6.04 Å². The topological polar surface area (TPSA) is 43.8 Å². The van der Waals surface area contributed by atoms with Crippen LogP contribution in [0.5, 0.6) is 0 Å². The van der Waals surface area contributed by atoms with Crippen LogP contribution in [0.2, 0.25) is 0 Å². The van der Waals surface area contributed by atoms with Crippen molar-refractivity contribution < 1.29 is 9.90 Å². The summed E-state index contributed by atoms with van der Waals surface area (Å²) in [6.07, 6.45) is 2.57. The molecule has 1 atom stereocenters. The van der Waals surface area contributed by atoms with Crippen LogP contribution in [0.25, 0.3) is 0 Å². The molecular formula is C17H26N2O2. The molecule has 1 aliphatic rings. The lowest BCUT2D eigenvalue weighted by molar-refractivity contribution is -0.143. The summed E-state index contributed by atoms with van der Waals surface area (Å²) in [6, 6.07) is 9.15. The van der Waals surface area contributed by atoms with Crippen LogP contribution < -0.4 is 4.90 Å². The van der Waals surface area contributed by atoms with Crippen LogP contribution >= 0.6 is 0 Å². The van der Waals surface area contributed by atoms with Gasteiger partial charge in [-0.15, -0.1) is 0 Å². The van der Waals surface area contributed by atoms with Crippen LogP contribution in [0.3, 0.4) is 0 Å². The van der Waals surface area contributed by atoms with Gasteiger partial charge in [-0.05, 0) is 57.0 Å². The van der Waals surface area contributed by atoms with E-state index in [1.54, 1.807) is 0 Å². The summed E-state index contributed by atoms with van der Waals surface area (Å²) in [5, 5.41) is 9.05. The van der Waals surface area contributed by atoms with E-state index >= 15 is 0 Å². The van der Waals surface area contributed by atoms with Crippen molar-refractivity contribution in [3.05, 3.63) is 29.8 Å². The van der Waals surface area contributed by atoms with Crippen molar-refractivity contribution in [3.8, 4) is 0 Å². The number of hydrogen-bond acceptors (Lipinski definition) is 3. The van der Waals surface area contributed by atoms with E-state index in [1.165, 1.54) is 11.3 Å². The highest BCUT2D eigenvalue weighted by molar-refractivity contribution is 5.70. The number of benzene rings is 1. The fraction of sp³-hybridized carbons (Fsp3) is 0.588. The Labute approximate surface area is 127 Å². The molecule has 1 aliphatic heterocycles. The SMILES string of the molecule is CC(Cc1ccc(N(C)C)cc1)N1CCC(C(=O)O)CC1. The van der Waals surface area contributed by atoms with Crippen molar-refractivity contribution >= 4 is 11.7 Å². The van der Waals surface area contributed by atoms with E-state index < -0.39 is 5.97 Å². The minimum Gasteiger partial charge on any atom is -0.481 e. The Hall–Kier alpha value is -1.55. The lowest BCUT2D eigenvalue weighted by Gasteiger charge is -2.34. The first-order valence-electron chi connectivity index (χ1n) is 7.70. The first-order valence-corrected chi connectivity index (χ1v) is 7.70. The van der Waals surface area contributed by atoms with E-state index in [1.807, 2.05) is 14.1 Å². The molecule has 116 valence electrons. The number of hydrogen-bond donors (Lipinski definition) is 1. The molecular weight excluding hydrogens is 264 g/mol. The maximum absolute atomic E-state index is 11.0. The molecule has 0 radical (unpaired) electrons. The molecule has 1 unspecified atom stereocenters. The highest BCUT2D eigenvalue weighted by Gasteiger charge is 2.26. The highest BCUT2D eigenvalue weighted by atomic mass is 16.4. The van der Waals surface area contributed by atoms with Crippen LogP contribution in [-0.2, 0) is 11.2 Å². The third kappa shape index (κ3) is 4.21. The average molecular weight is 290 g/mol. The maximum atomic E-state index is 11.0. The smallest absolute Gasteiger partial charge is 0.306 e. The molecule has 4 nitrogen and oxygen atoms in total. The summed E-state index contributed by atoms with van der Waals surface area (Å²) in [5.41, 5.74) is 2.56. The van der Waals surface area contributed by atoms with Gasteiger partial charge in [0.15, 0.2) is 0 Å². The first-order chi connectivity index (χ1) is 9.97. The Balaban J connectivity index is 1.87. The van der Waals surface area contributed by atoms with Crippen molar-refractivity contribution in [2.45, 2.75) is 32.2 Å². The van der Waals surface area contributed by atoms with Gasteiger partial charge in [-0.1, -0.05) is 12.1 Å². The van der Waals surface area contributed by atoms with Gasteiger partial charge in [0, 0.05) is 25.8 Å². The second-order valence-corrected chi connectivity index (χ2v) is 6.26. The Kier molecular flexibility index (Phi) is 5.23. The number of carbonyl (C=O) groups is 1. The third-order valence-corrected chi connectivity index (χ3v) is 4.49. The zero-order valence-electron chi connectivity index (χ0n) is 13.2. The zero-order valence-corrected chi connectivity index (χ0v) is 13.2. The lowest BCUT2D eigenvalue weighted by atomic mass is 9.95. The van der Waals surface area contributed by atoms with Gasteiger partial charge in [-0.2, -0.15) is 0 Å². The van der Waals surface area contributed by atoms with E-state index in [9.17, 15) is 4.79 Å². The fourth-order valence-electron chi connectivity index (χ4n) is 2.99. The van der Waals surface area contributed by atoms with Gasteiger partial charge in [0.1, 0.15) is 0 Å². The minimum absolute atomic E-state index is 0.146. The average Bonchev–Trinajstić information content (AvgIpc) is 2.47. The molecule has 0 amide bonds. The summed E-state index contributed by atoms with van der Waals surface area (Å²) in [7, 11) is 4.09. The van der Waals surface area contributed by atoms with Crippen molar-refractivity contribution in [2.75, 3.05) is 32.1 Å². The summed E-state index contributed by atoms with van der Waals surface area (Å²) < 4.78 is 0. The fourth-order valence-corrected chi connectivity index (χ4v) is 2.99. The molecule has 1 aromatic carbocycles. The Morgan fingerprint density at radius 3 is 2.33 bits per heavy atom. The molecule has 21 heavy (non-hydrogen) atoms. The second kappa shape index (κ2) is 6.94. The Morgan fingerprint density at radius 2 is 1.86 bits per heavy atom. The Morgan fingerprint density at radius 1 is 1.29 bits per heavy atom. The van der Waals surface area contributed by atoms with Crippen molar-refractivity contribution in [1.29, 1.82) is 0 Å². The normalized spacial score (nSPS) is 18.4. The van der Waals surface area contributed by atoms with Gasteiger partial charge >= 0.3 is 5.97 Å². The molecule has 4 heteroatoms. The van der Waals surface area contributed by atoms with Crippen molar-refractivity contribution in [3.63, 3.8) is 0 Å². The standard InChI is InChI=1S/C17H26N2O2/c1-13(19-10-8-15(9-11-19)17(20)21)12-14-4-6-16(7-5-14)18(2)3/h4-7,13,15H,8-12H2,1-3H3,(H,20,21). The number of aliphatic carboxylic acids is 1. The largest absolute Gasteiger partial charge is 0.481 e. The molecule has 0 aliphatic carbocycles. The molecule has 1 N–H and O–H groups in total. The van der Waals surface area contributed by atoms with Crippen LogP contribution in [0.1, 0.15) is 25.3 Å². The molecule has 1 heterocycles. The zero-order chi connectivity index (χ0) is 15.4. The molecule has 1 fully saturated rings. The molecule has 0 bridgehead atoms. The van der Waals surface area contributed by atoms with Crippen LogP contribution in [0.4, 0.5) is 5.69 Å². The predicted molar refractivity (Wildman–Crippen MR) is 85.9 cm³/mol. The molecule has 2 rings (SSSR count). The summed E-state index contributed by atoms with van der Waals surface area (Å²) >= 11 is 0. The van der Waals surface area contributed by atoms with Gasteiger partial charge in [0.2, 0.25) is 0 Å². The molecule has 0 spiro atoms. The monoisotopic (exact) mass is 290 g/mol. The van der Waals surface area contributed by atoms with E-state index in [4.69, 9.17) is 5.11 Å². The Bertz CT molecular complexity index is 462. The van der Waals surface area contributed by atoms with Gasteiger partial charge in [-0.25, -0.2) is 0 Å². The quantitative estimate of drug-likeness (QED) is 0.905. The third-order valence-electron chi connectivity index (χ3n) is 4.49. The van der Waals surface area contributed by atoms with Crippen LogP contribution in [0.15, 0.2) is 24.3 Å². The number of nitrogens with zero attached hydrogens (tertiary/aromatic N) is 2. The van der Waals surface area contributed by atoms with E-state index in [-0.39, 0.29) is 5.92 Å². The second-order valence-electron chi connectivity index (χ2n) is 6.26. The van der Waals surface area contributed by atoms with Crippen LogP contribution in [0, 0.1) is 5.92 Å². The summed E-state index contributed by atoms with van der Waals surface area (Å²) in [4.78, 5) is 15.5. The van der Waals surface area contributed by atoms with Crippen molar-refractivity contribution in [1.82, 2.24) is 4.90 Å². The number of piperidine rings is 1. The van der Waals surface area contributed by atoms with Gasteiger partial charge in [0.25, 0.3) is 0 Å². The van der Waals surface area contributed by atoms with Crippen LogP contribution in [-0.4, -0.2) is 49.2 Å². The van der Waals surface area contributed by atoms with Gasteiger partial charge in [0.05, 0.1) is 5.92 Å². The number of carboxylic acid groups (broad SMARTS) is 1. The van der Waals surface area contributed by atoms with Crippen molar-refractivity contribution in [2.24, 2.45) is 5.92 Å².